The van der Waals surface area contributed by atoms with Gasteiger partial charge in [0.1, 0.15) is 5.82 Å². The highest BCUT2D eigenvalue weighted by molar-refractivity contribution is 6.05. The molecule has 3 aromatic carbocycles. The Bertz CT molecular complexity index is 1240. The molecule has 0 bridgehead atoms. The SMILES string of the molecule is Cl.O=C(Nc1ccc2[nH]c3c(c2c1)CC(NCCc1ccccc1)CC3)c1ccc(F)cc1. The minimum absolute atomic E-state index is 0. The molecule has 4 nitrogen and oxygen atoms in total. The van der Waals surface area contributed by atoms with Crippen molar-refractivity contribution in [3.63, 3.8) is 0 Å². The summed E-state index contributed by atoms with van der Waals surface area (Å²) in [7, 11) is 0. The Morgan fingerprint density at radius 2 is 1.82 bits per heavy atom. The molecule has 1 aliphatic rings. The van der Waals surface area contributed by atoms with E-state index in [9.17, 15) is 9.18 Å². The van der Waals surface area contributed by atoms with Gasteiger partial charge in [-0.2, -0.15) is 0 Å². The summed E-state index contributed by atoms with van der Waals surface area (Å²) in [5.41, 5.74) is 6.26. The maximum atomic E-state index is 13.1. The molecular weight excluding hydrogens is 437 g/mol. The van der Waals surface area contributed by atoms with Crippen LogP contribution in [0.15, 0.2) is 72.8 Å². The largest absolute Gasteiger partial charge is 0.358 e. The van der Waals surface area contributed by atoms with E-state index in [1.165, 1.54) is 41.1 Å². The lowest BCUT2D eigenvalue weighted by Crippen LogP contribution is -2.35. The number of anilines is 1. The van der Waals surface area contributed by atoms with Gasteiger partial charge in [0.25, 0.3) is 5.91 Å². The van der Waals surface area contributed by atoms with E-state index in [-0.39, 0.29) is 24.1 Å². The van der Waals surface area contributed by atoms with Gasteiger partial charge in [0, 0.05) is 33.9 Å². The number of aromatic amines is 1. The molecule has 0 spiro atoms. The molecule has 1 heterocycles. The van der Waals surface area contributed by atoms with Crippen molar-refractivity contribution in [1.29, 1.82) is 0 Å². The Kier molecular flexibility index (Phi) is 7.11. The Hall–Kier alpha value is -3.15. The summed E-state index contributed by atoms with van der Waals surface area (Å²) in [6, 6.07) is 22.5. The van der Waals surface area contributed by atoms with E-state index >= 15 is 0 Å². The first kappa shape index (κ1) is 23.0. The van der Waals surface area contributed by atoms with Crippen molar-refractivity contribution in [3.05, 3.63) is 101 Å². The fourth-order valence-electron chi connectivity index (χ4n) is 4.54. The zero-order valence-corrected chi connectivity index (χ0v) is 19.1. The number of aryl methyl sites for hydroxylation is 1. The van der Waals surface area contributed by atoms with Crippen molar-refractivity contribution >= 4 is 34.9 Å². The molecule has 0 saturated heterocycles. The smallest absolute Gasteiger partial charge is 0.255 e. The second-order valence-corrected chi connectivity index (χ2v) is 8.43. The molecule has 0 saturated carbocycles. The summed E-state index contributed by atoms with van der Waals surface area (Å²) in [5.74, 6) is -0.594. The van der Waals surface area contributed by atoms with Crippen molar-refractivity contribution in [2.45, 2.75) is 31.7 Å². The van der Waals surface area contributed by atoms with E-state index in [1.807, 2.05) is 24.3 Å². The zero-order valence-electron chi connectivity index (χ0n) is 18.2. The van der Waals surface area contributed by atoms with Gasteiger partial charge in [-0.3, -0.25) is 4.79 Å². The topological polar surface area (TPSA) is 56.9 Å². The lowest BCUT2D eigenvalue weighted by atomic mass is 9.91. The Morgan fingerprint density at radius 3 is 2.61 bits per heavy atom. The summed E-state index contributed by atoms with van der Waals surface area (Å²) in [4.78, 5) is 16.1. The molecule has 4 aromatic rings. The molecule has 1 amide bonds. The van der Waals surface area contributed by atoms with Crippen molar-refractivity contribution in [2.75, 3.05) is 11.9 Å². The third-order valence-electron chi connectivity index (χ3n) is 6.24. The van der Waals surface area contributed by atoms with Gasteiger partial charge in [0.05, 0.1) is 0 Å². The number of rotatable bonds is 6. The van der Waals surface area contributed by atoms with Gasteiger partial charge in [0.2, 0.25) is 0 Å². The fourth-order valence-corrected chi connectivity index (χ4v) is 4.54. The van der Waals surface area contributed by atoms with Crippen molar-refractivity contribution in [3.8, 4) is 0 Å². The van der Waals surface area contributed by atoms with E-state index in [0.29, 0.717) is 11.6 Å². The van der Waals surface area contributed by atoms with Crippen LogP contribution in [0.25, 0.3) is 10.9 Å². The van der Waals surface area contributed by atoms with Crippen molar-refractivity contribution in [2.24, 2.45) is 0 Å². The van der Waals surface area contributed by atoms with Gasteiger partial charge >= 0.3 is 0 Å². The van der Waals surface area contributed by atoms with E-state index < -0.39 is 0 Å². The van der Waals surface area contributed by atoms with Crippen molar-refractivity contribution in [1.82, 2.24) is 10.3 Å². The summed E-state index contributed by atoms with van der Waals surface area (Å²) in [5, 5.41) is 7.82. The maximum Gasteiger partial charge on any atom is 0.255 e. The number of hydrogen-bond donors (Lipinski definition) is 3. The molecule has 170 valence electrons. The highest BCUT2D eigenvalue weighted by Crippen LogP contribution is 2.31. The lowest BCUT2D eigenvalue weighted by molar-refractivity contribution is 0.102. The molecule has 0 aliphatic heterocycles. The van der Waals surface area contributed by atoms with Crippen LogP contribution in [0.5, 0.6) is 0 Å². The van der Waals surface area contributed by atoms with Crippen LogP contribution in [0.4, 0.5) is 10.1 Å². The predicted octanol–water partition coefficient (Wildman–Crippen LogP) is 5.67. The number of nitrogens with one attached hydrogen (secondary N) is 3. The minimum atomic E-state index is -0.353. The number of carbonyl (C=O) groups excluding carboxylic acids is 1. The number of fused-ring (bicyclic) bond motifs is 3. The minimum Gasteiger partial charge on any atom is -0.358 e. The average molecular weight is 464 g/mol. The quantitative estimate of drug-likeness (QED) is 0.345. The Morgan fingerprint density at radius 1 is 1.03 bits per heavy atom. The molecule has 0 radical (unpaired) electrons. The zero-order chi connectivity index (χ0) is 21.9. The fraction of sp³-hybridized carbons (Fsp3) is 0.222. The molecule has 5 rings (SSSR count). The molecule has 1 unspecified atom stereocenters. The van der Waals surface area contributed by atoms with Crippen LogP contribution in [0.1, 0.15) is 33.6 Å². The normalized spacial score (nSPS) is 15.0. The van der Waals surface area contributed by atoms with Gasteiger partial charge in [-0.1, -0.05) is 30.3 Å². The molecule has 33 heavy (non-hydrogen) atoms. The molecule has 1 aromatic heterocycles. The summed E-state index contributed by atoms with van der Waals surface area (Å²) in [6.45, 7) is 0.964. The second kappa shape index (κ2) is 10.2. The van der Waals surface area contributed by atoms with Crippen LogP contribution in [0.3, 0.4) is 0 Å². The molecule has 3 N–H and O–H groups in total. The number of amides is 1. The first-order chi connectivity index (χ1) is 15.7. The monoisotopic (exact) mass is 463 g/mol. The Balaban J connectivity index is 0.00000259. The number of aromatic nitrogens is 1. The highest BCUT2D eigenvalue weighted by Gasteiger charge is 2.22. The first-order valence-electron chi connectivity index (χ1n) is 11.1. The maximum absolute atomic E-state index is 13.1. The first-order valence-corrected chi connectivity index (χ1v) is 11.1. The number of H-pyrrole nitrogens is 1. The van der Waals surface area contributed by atoms with E-state index in [0.717, 1.165) is 48.8 Å². The van der Waals surface area contributed by atoms with E-state index in [4.69, 9.17) is 0 Å². The van der Waals surface area contributed by atoms with Gasteiger partial charge in [-0.25, -0.2) is 4.39 Å². The standard InChI is InChI=1S/C27H26FN3O.ClH/c28-20-8-6-19(7-9-20)27(32)30-22-11-13-26-24(17-22)23-16-21(10-12-25(23)31-26)29-15-14-18-4-2-1-3-5-18;/h1-9,11,13,17,21,29,31H,10,12,14-16H2,(H,30,32);1H. The second-order valence-electron chi connectivity index (χ2n) is 8.43. The summed E-state index contributed by atoms with van der Waals surface area (Å²) >= 11 is 0. The predicted molar refractivity (Wildman–Crippen MR) is 134 cm³/mol. The third-order valence-corrected chi connectivity index (χ3v) is 6.24. The van der Waals surface area contributed by atoms with Gasteiger partial charge in [-0.05, 0) is 85.8 Å². The van der Waals surface area contributed by atoms with Crippen LogP contribution in [0, 0.1) is 5.82 Å². The van der Waals surface area contributed by atoms with Crippen molar-refractivity contribution < 1.29 is 9.18 Å². The summed E-state index contributed by atoms with van der Waals surface area (Å²) in [6.07, 6.45) is 4.13. The van der Waals surface area contributed by atoms with Crippen LogP contribution < -0.4 is 10.6 Å². The molecule has 1 atom stereocenters. The molecule has 0 fully saturated rings. The highest BCUT2D eigenvalue weighted by atomic mass is 35.5. The lowest BCUT2D eigenvalue weighted by Gasteiger charge is -2.24. The number of hydrogen-bond acceptors (Lipinski definition) is 2. The van der Waals surface area contributed by atoms with E-state index in [2.05, 4.69) is 39.9 Å². The molecule has 1 aliphatic carbocycles. The molecule has 6 heteroatoms. The Labute approximate surface area is 199 Å². The van der Waals surface area contributed by atoms with E-state index in [1.54, 1.807) is 0 Å². The van der Waals surface area contributed by atoms with Crippen LogP contribution in [-0.2, 0) is 19.3 Å². The summed E-state index contributed by atoms with van der Waals surface area (Å²) < 4.78 is 13.1. The average Bonchev–Trinajstić information content (AvgIpc) is 3.17. The van der Waals surface area contributed by atoms with Gasteiger partial charge in [-0.15, -0.1) is 12.4 Å². The van der Waals surface area contributed by atoms with Crippen LogP contribution in [-0.4, -0.2) is 23.5 Å². The number of carbonyl (C=O) groups is 1. The number of halogens is 2. The number of benzene rings is 3. The van der Waals surface area contributed by atoms with Gasteiger partial charge < -0.3 is 15.6 Å². The van der Waals surface area contributed by atoms with Gasteiger partial charge in [0.15, 0.2) is 0 Å². The third kappa shape index (κ3) is 5.27. The van der Waals surface area contributed by atoms with Crippen LogP contribution >= 0.6 is 12.4 Å². The van der Waals surface area contributed by atoms with Crippen LogP contribution in [0.2, 0.25) is 0 Å². The molecular formula is C27H27ClFN3O.